The molecule has 0 unspecified atom stereocenters. The topological polar surface area (TPSA) is 122 Å². The maximum absolute atomic E-state index is 13.4. The van der Waals surface area contributed by atoms with Crippen molar-refractivity contribution in [1.29, 1.82) is 0 Å². The minimum Gasteiger partial charge on any atom is -0.381 e. The maximum Gasteiger partial charge on any atom is 0.263 e. The Bertz CT molecular complexity index is 1220. The van der Waals surface area contributed by atoms with Crippen LogP contribution in [0.2, 0.25) is 0 Å². The van der Waals surface area contributed by atoms with E-state index in [1.165, 1.54) is 0 Å². The molecule has 0 radical (unpaired) electrons. The van der Waals surface area contributed by atoms with Gasteiger partial charge in [0.15, 0.2) is 17.3 Å². The molecular formula is C21H23FN8O2. The number of nitrogens with two attached hydrogens (primary N) is 1. The number of nitrogens with zero attached hydrogens (tertiary/aromatic N) is 6. The van der Waals surface area contributed by atoms with Crippen LogP contribution >= 0.6 is 0 Å². The lowest BCUT2D eigenvalue weighted by atomic mass is 9.77. The Labute approximate surface area is 183 Å². The molecule has 0 aromatic carbocycles. The van der Waals surface area contributed by atoms with Crippen LogP contribution in [0.1, 0.15) is 29.6 Å². The summed E-state index contributed by atoms with van der Waals surface area (Å²) in [4.78, 5) is 37.2. The minimum atomic E-state index is -0.584. The van der Waals surface area contributed by atoms with E-state index < -0.39 is 11.7 Å². The lowest BCUT2D eigenvalue weighted by Crippen LogP contribution is -2.41. The van der Waals surface area contributed by atoms with Crippen molar-refractivity contribution in [3.05, 3.63) is 42.2 Å². The van der Waals surface area contributed by atoms with Crippen LogP contribution in [0.4, 0.5) is 21.6 Å². The number of likely N-dealkylation sites (tertiary alicyclic amines) is 1. The van der Waals surface area contributed by atoms with Crippen molar-refractivity contribution in [2.75, 3.05) is 42.6 Å². The average molecular weight is 438 g/mol. The Hall–Kier alpha value is -3.76. The van der Waals surface area contributed by atoms with E-state index in [0.717, 1.165) is 55.1 Å². The van der Waals surface area contributed by atoms with Gasteiger partial charge in [-0.15, -0.1) is 5.10 Å². The summed E-state index contributed by atoms with van der Waals surface area (Å²) in [6.45, 7) is 2.34. The molecule has 2 amide bonds. The molecule has 5 rings (SSSR count). The van der Waals surface area contributed by atoms with Crippen molar-refractivity contribution in [3.8, 4) is 0 Å². The van der Waals surface area contributed by atoms with Crippen LogP contribution in [0, 0.1) is 11.2 Å². The quantitative estimate of drug-likeness (QED) is 0.636. The molecule has 5 heterocycles. The zero-order valence-corrected chi connectivity index (χ0v) is 17.6. The molecule has 2 fully saturated rings. The van der Waals surface area contributed by atoms with Gasteiger partial charge in [-0.1, -0.05) is 0 Å². The highest BCUT2D eigenvalue weighted by molar-refractivity contribution is 6.12. The monoisotopic (exact) mass is 438 g/mol. The molecule has 0 saturated carbocycles. The van der Waals surface area contributed by atoms with Crippen LogP contribution in [0.15, 0.2) is 30.9 Å². The fourth-order valence-corrected chi connectivity index (χ4v) is 4.75. The van der Waals surface area contributed by atoms with E-state index in [0.29, 0.717) is 12.1 Å². The lowest BCUT2D eigenvalue weighted by Gasteiger charge is -2.40. The molecule has 0 atom stereocenters. The van der Waals surface area contributed by atoms with Crippen LogP contribution < -0.4 is 16.0 Å². The highest BCUT2D eigenvalue weighted by Gasteiger charge is 2.43. The number of fused-ring (bicyclic) bond motifs is 1. The van der Waals surface area contributed by atoms with Crippen molar-refractivity contribution >= 4 is 34.7 Å². The van der Waals surface area contributed by atoms with Crippen LogP contribution in [0.3, 0.4) is 0 Å². The summed E-state index contributed by atoms with van der Waals surface area (Å²) in [6, 6.07) is 1.85. The predicted molar refractivity (Wildman–Crippen MR) is 116 cm³/mol. The highest BCUT2D eigenvalue weighted by Crippen LogP contribution is 2.42. The largest absolute Gasteiger partial charge is 0.381 e. The Balaban J connectivity index is 1.37. The van der Waals surface area contributed by atoms with Gasteiger partial charge < -0.3 is 20.9 Å². The van der Waals surface area contributed by atoms with Gasteiger partial charge in [-0.2, -0.15) is 0 Å². The molecule has 2 aliphatic heterocycles. The molecule has 0 aliphatic carbocycles. The summed E-state index contributed by atoms with van der Waals surface area (Å²) < 4.78 is 14.6. The van der Waals surface area contributed by atoms with E-state index in [9.17, 15) is 14.0 Å². The first-order chi connectivity index (χ1) is 15.3. The fourth-order valence-electron chi connectivity index (χ4n) is 4.75. The molecule has 2 aliphatic rings. The second kappa shape index (κ2) is 7.43. The second-order valence-corrected chi connectivity index (χ2v) is 8.56. The van der Waals surface area contributed by atoms with Gasteiger partial charge in [-0.25, -0.2) is 13.9 Å². The molecule has 2 saturated heterocycles. The standard InChI is InChI=1S/C21H23FN8O2/c1-28-12-21(8-16(28)31)3-6-29(7-4-21)15-2-5-24-10-14(15)26-20(32)17-18(23)27-30-11-13(22)9-25-19(17)30/h2,5,9-11H,3-4,6-8,12H2,1H3,(H2,23,27)(H,26,32). The molecule has 3 aromatic heterocycles. The van der Waals surface area contributed by atoms with Gasteiger partial charge >= 0.3 is 0 Å². The van der Waals surface area contributed by atoms with Crippen LogP contribution in [-0.2, 0) is 4.79 Å². The van der Waals surface area contributed by atoms with Gasteiger partial charge in [0.2, 0.25) is 5.91 Å². The van der Waals surface area contributed by atoms with E-state index in [4.69, 9.17) is 5.73 Å². The van der Waals surface area contributed by atoms with Crippen molar-refractivity contribution in [2.45, 2.75) is 19.3 Å². The van der Waals surface area contributed by atoms with Gasteiger partial charge in [0.25, 0.3) is 5.91 Å². The number of anilines is 3. The first-order valence-electron chi connectivity index (χ1n) is 10.4. The molecule has 1 spiro atoms. The second-order valence-electron chi connectivity index (χ2n) is 8.56. The Kier molecular flexibility index (Phi) is 4.68. The number of carbonyl (C=O) groups excluding carboxylic acids is 2. The molecule has 11 heteroatoms. The number of aromatic nitrogens is 4. The zero-order valence-electron chi connectivity index (χ0n) is 17.6. The van der Waals surface area contributed by atoms with Crippen LogP contribution in [0.25, 0.3) is 5.65 Å². The molecule has 3 N–H and O–H groups in total. The summed E-state index contributed by atoms with van der Waals surface area (Å²) in [6.07, 6.45) is 7.77. The number of hydrogen-bond acceptors (Lipinski definition) is 7. The molecule has 3 aromatic rings. The number of nitrogen functional groups attached to an aromatic ring is 1. The summed E-state index contributed by atoms with van der Waals surface area (Å²) in [7, 11) is 1.86. The lowest BCUT2D eigenvalue weighted by molar-refractivity contribution is -0.126. The van der Waals surface area contributed by atoms with E-state index in [1.54, 1.807) is 12.4 Å². The predicted octanol–water partition coefficient (Wildman–Crippen LogP) is 1.55. The Morgan fingerprint density at radius 1 is 1.28 bits per heavy atom. The first kappa shape index (κ1) is 20.2. The van der Waals surface area contributed by atoms with E-state index >= 15 is 0 Å². The number of nitrogens with one attached hydrogen (secondary N) is 1. The number of carbonyl (C=O) groups is 2. The van der Waals surface area contributed by atoms with Crippen molar-refractivity contribution < 1.29 is 14.0 Å². The molecule has 32 heavy (non-hydrogen) atoms. The number of amides is 2. The number of pyridine rings is 1. The smallest absolute Gasteiger partial charge is 0.263 e. The molecule has 10 nitrogen and oxygen atoms in total. The maximum atomic E-state index is 13.4. The summed E-state index contributed by atoms with van der Waals surface area (Å²) in [5.41, 5.74) is 7.57. The molecule has 0 bridgehead atoms. The third kappa shape index (κ3) is 3.39. The SMILES string of the molecule is CN1CC2(CCN(c3ccncc3NC(=O)c3c(N)nn4cc(F)cnc34)CC2)CC1=O. The number of halogens is 1. The minimum absolute atomic E-state index is 0.0330. The van der Waals surface area contributed by atoms with Gasteiger partial charge in [-0.05, 0) is 18.9 Å². The normalized spacial score (nSPS) is 18.0. The van der Waals surface area contributed by atoms with Crippen molar-refractivity contribution in [1.82, 2.24) is 24.5 Å². The third-order valence-corrected chi connectivity index (χ3v) is 6.43. The van der Waals surface area contributed by atoms with E-state index in [2.05, 4.69) is 25.3 Å². The van der Waals surface area contributed by atoms with Crippen LogP contribution in [0.5, 0.6) is 0 Å². The van der Waals surface area contributed by atoms with Gasteiger partial charge in [0.05, 0.1) is 30.0 Å². The third-order valence-electron chi connectivity index (χ3n) is 6.43. The fraction of sp³-hybridized carbons (Fsp3) is 0.381. The summed E-state index contributed by atoms with van der Waals surface area (Å²) in [5.74, 6) is -0.919. The highest BCUT2D eigenvalue weighted by atomic mass is 19.1. The zero-order chi connectivity index (χ0) is 22.5. The Morgan fingerprint density at radius 2 is 2.06 bits per heavy atom. The Morgan fingerprint density at radius 3 is 2.78 bits per heavy atom. The van der Waals surface area contributed by atoms with Gasteiger partial charge in [-0.3, -0.25) is 14.6 Å². The van der Waals surface area contributed by atoms with Gasteiger partial charge in [0, 0.05) is 44.7 Å². The number of piperidine rings is 1. The number of hydrogen-bond donors (Lipinski definition) is 2. The summed E-state index contributed by atoms with van der Waals surface area (Å²) in [5, 5.41) is 6.84. The van der Waals surface area contributed by atoms with Gasteiger partial charge in [0.1, 0.15) is 5.56 Å². The molecular weight excluding hydrogens is 415 g/mol. The van der Waals surface area contributed by atoms with Crippen LogP contribution in [-0.4, -0.2) is 63.0 Å². The average Bonchev–Trinajstić information content (AvgIpc) is 3.23. The number of rotatable bonds is 3. The molecule has 166 valence electrons. The first-order valence-corrected chi connectivity index (χ1v) is 10.4. The van der Waals surface area contributed by atoms with Crippen molar-refractivity contribution in [2.24, 2.45) is 5.41 Å². The van der Waals surface area contributed by atoms with E-state index in [1.807, 2.05) is 18.0 Å². The van der Waals surface area contributed by atoms with Crippen molar-refractivity contribution in [3.63, 3.8) is 0 Å². The summed E-state index contributed by atoms with van der Waals surface area (Å²) >= 11 is 0. The van der Waals surface area contributed by atoms with E-state index in [-0.39, 0.29) is 28.4 Å².